The molecule has 1 saturated heterocycles. The number of nitrogens with zero attached hydrogens (tertiary/aromatic N) is 1. The first-order valence-electron chi connectivity index (χ1n) is 10.4. The van der Waals surface area contributed by atoms with E-state index < -0.39 is 11.6 Å². The molecule has 6 heteroatoms. The highest BCUT2D eigenvalue weighted by Gasteiger charge is 2.48. The average molecular weight is 409 g/mol. The second kappa shape index (κ2) is 9.40. The lowest BCUT2D eigenvalue weighted by Crippen LogP contribution is -2.63. The zero-order valence-electron chi connectivity index (χ0n) is 18.0. The Hall–Kier alpha value is -1.40. The van der Waals surface area contributed by atoms with E-state index >= 15 is 0 Å². The van der Waals surface area contributed by atoms with Crippen LogP contribution in [0.4, 0.5) is 0 Å². The van der Waals surface area contributed by atoms with Crippen molar-refractivity contribution in [2.45, 2.75) is 90.8 Å². The Morgan fingerprint density at radius 3 is 2.64 bits per heavy atom. The van der Waals surface area contributed by atoms with Crippen LogP contribution in [-0.2, 0) is 9.59 Å². The molecule has 3 unspecified atom stereocenters. The molecule has 0 radical (unpaired) electrons. The van der Waals surface area contributed by atoms with Gasteiger partial charge in [0, 0.05) is 24.3 Å². The maximum atomic E-state index is 13.0. The van der Waals surface area contributed by atoms with Gasteiger partial charge in [0.1, 0.15) is 0 Å². The van der Waals surface area contributed by atoms with Gasteiger partial charge in [0.15, 0.2) is 0 Å². The monoisotopic (exact) mass is 408 g/mol. The standard InChI is InChI=1S/C22H36N2O3S/c1-6-7-8-11-18(26)24-13-12-22(5,27)20(19(24)16-10-9-14-28-16)23-17(25)15-21(2,3)4/h9-10,14,19-20,27H,6-8,11-13,15H2,1-5H3,(H,23,25). The molecular formula is C22H36N2O3S. The molecule has 1 aromatic heterocycles. The number of piperidine rings is 1. The number of likely N-dealkylation sites (tertiary alicyclic amines) is 1. The Bertz CT molecular complexity index is 649. The average Bonchev–Trinajstić information content (AvgIpc) is 3.09. The van der Waals surface area contributed by atoms with Crippen molar-refractivity contribution >= 4 is 23.2 Å². The van der Waals surface area contributed by atoms with Crippen LogP contribution in [0.1, 0.15) is 84.1 Å². The third-order valence-electron chi connectivity index (χ3n) is 5.34. The summed E-state index contributed by atoms with van der Waals surface area (Å²) in [6, 6.07) is 3.09. The van der Waals surface area contributed by atoms with Crippen molar-refractivity contribution in [3.63, 3.8) is 0 Å². The smallest absolute Gasteiger partial charge is 0.223 e. The lowest BCUT2D eigenvalue weighted by Gasteiger charge is -2.49. The molecule has 2 N–H and O–H groups in total. The number of thiophene rings is 1. The van der Waals surface area contributed by atoms with Crippen molar-refractivity contribution in [3.05, 3.63) is 22.4 Å². The van der Waals surface area contributed by atoms with Gasteiger partial charge in [-0.2, -0.15) is 0 Å². The van der Waals surface area contributed by atoms with Gasteiger partial charge in [0.2, 0.25) is 11.8 Å². The van der Waals surface area contributed by atoms with Crippen LogP contribution < -0.4 is 5.32 Å². The molecule has 0 bridgehead atoms. The molecule has 1 fully saturated rings. The lowest BCUT2D eigenvalue weighted by molar-refractivity contribution is -0.146. The van der Waals surface area contributed by atoms with Crippen LogP contribution in [0.15, 0.2) is 17.5 Å². The summed E-state index contributed by atoms with van der Waals surface area (Å²) in [5.74, 6) is 0.0250. The van der Waals surface area contributed by atoms with Crippen molar-refractivity contribution < 1.29 is 14.7 Å². The Kier molecular flexibility index (Phi) is 7.68. The second-order valence-corrected chi connectivity index (χ2v) is 10.4. The number of amides is 2. The third-order valence-corrected chi connectivity index (χ3v) is 6.28. The van der Waals surface area contributed by atoms with Gasteiger partial charge >= 0.3 is 0 Å². The van der Waals surface area contributed by atoms with Crippen LogP contribution in [0.3, 0.4) is 0 Å². The maximum Gasteiger partial charge on any atom is 0.223 e. The van der Waals surface area contributed by atoms with Crippen molar-refractivity contribution in [2.75, 3.05) is 6.54 Å². The van der Waals surface area contributed by atoms with Crippen molar-refractivity contribution in [3.8, 4) is 0 Å². The highest BCUT2D eigenvalue weighted by molar-refractivity contribution is 7.10. The summed E-state index contributed by atoms with van der Waals surface area (Å²) in [6.07, 6.45) is 4.32. The zero-order chi connectivity index (χ0) is 20.9. The van der Waals surface area contributed by atoms with Gasteiger partial charge in [0.05, 0.1) is 17.7 Å². The largest absolute Gasteiger partial charge is 0.388 e. The van der Waals surface area contributed by atoms with Crippen LogP contribution in [0.25, 0.3) is 0 Å². The van der Waals surface area contributed by atoms with Gasteiger partial charge in [-0.1, -0.05) is 46.6 Å². The molecule has 2 rings (SSSR count). The number of unbranched alkanes of at least 4 members (excludes halogenated alkanes) is 2. The van der Waals surface area contributed by atoms with E-state index in [-0.39, 0.29) is 23.3 Å². The highest BCUT2D eigenvalue weighted by atomic mass is 32.1. The van der Waals surface area contributed by atoms with Gasteiger partial charge < -0.3 is 15.3 Å². The summed E-state index contributed by atoms with van der Waals surface area (Å²) in [5, 5.41) is 16.2. The first-order valence-corrected chi connectivity index (χ1v) is 11.3. The number of rotatable bonds is 7. The van der Waals surface area contributed by atoms with Gasteiger partial charge in [-0.05, 0) is 36.6 Å². The quantitative estimate of drug-likeness (QED) is 0.662. The molecule has 2 heterocycles. The van der Waals surface area contributed by atoms with E-state index in [4.69, 9.17) is 0 Å². The molecule has 0 saturated carbocycles. The number of nitrogens with one attached hydrogen (secondary N) is 1. The van der Waals surface area contributed by atoms with Gasteiger partial charge in [-0.25, -0.2) is 0 Å². The number of carbonyl (C=O) groups is 2. The van der Waals surface area contributed by atoms with Crippen LogP contribution in [0, 0.1) is 5.41 Å². The van der Waals surface area contributed by atoms with Crippen LogP contribution in [0.2, 0.25) is 0 Å². The first-order chi connectivity index (χ1) is 13.0. The fourth-order valence-corrected chi connectivity index (χ4v) is 4.70. The van der Waals surface area contributed by atoms with E-state index in [1.165, 1.54) is 0 Å². The Balaban J connectivity index is 2.28. The molecule has 3 atom stereocenters. The summed E-state index contributed by atoms with van der Waals surface area (Å²) in [5.41, 5.74) is -1.21. The maximum absolute atomic E-state index is 13.0. The Morgan fingerprint density at radius 1 is 1.36 bits per heavy atom. The fourth-order valence-electron chi connectivity index (χ4n) is 3.83. The minimum Gasteiger partial charge on any atom is -0.388 e. The molecule has 1 aromatic rings. The van der Waals surface area contributed by atoms with Gasteiger partial charge in [-0.15, -0.1) is 11.3 Å². The summed E-state index contributed by atoms with van der Waals surface area (Å²) in [7, 11) is 0. The van der Waals surface area contributed by atoms with Crippen molar-refractivity contribution in [2.24, 2.45) is 5.41 Å². The molecule has 0 aromatic carbocycles. The Labute approximate surface area is 173 Å². The minimum absolute atomic E-state index is 0.0837. The summed E-state index contributed by atoms with van der Waals surface area (Å²) >= 11 is 1.57. The number of hydrogen-bond donors (Lipinski definition) is 2. The van der Waals surface area contributed by atoms with E-state index in [9.17, 15) is 14.7 Å². The topological polar surface area (TPSA) is 69.6 Å². The number of carbonyl (C=O) groups excluding carboxylic acids is 2. The van der Waals surface area contributed by atoms with Crippen molar-refractivity contribution in [1.29, 1.82) is 0 Å². The third kappa shape index (κ3) is 6.05. The molecule has 158 valence electrons. The van der Waals surface area contributed by atoms with Crippen LogP contribution >= 0.6 is 11.3 Å². The van der Waals surface area contributed by atoms with E-state index in [0.717, 1.165) is 24.1 Å². The van der Waals surface area contributed by atoms with Crippen LogP contribution in [0.5, 0.6) is 0 Å². The molecule has 0 spiro atoms. The van der Waals surface area contributed by atoms with E-state index in [0.29, 0.717) is 25.8 Å². The second-order valence-electron chi connectivity index (χ2n) is 9.39. The molecular weight excluding hydrogens is 372 g/mol. The number of hydrogen-bond acceptors (Lipinski definition) is 4. The first kappa shape index (κ1) is 22.9. The summed E-state index contributed by atoms with van der Waals surface area (Å²) < 4.78 is 0. The summed E-state index contributed by atoms with van der Waals surface area (Å²) in [6.45, 7) is 10.5. The van der Waals surface area contributed by atoms with E-state index in [2.05, 4.69) is 12.2 Å². The molecule has 5 nitrogen and oxygen atoms in total. The molecule has 28 heavy (non-hydrogen) atoms. The molecule has 1 aliphatic rings. The molecule has 2 amide bonds. The fraction of sp³-hybridized carbons (Fsp3) is 0.727. The SMILES string of the molecule is CCCCCC(=O)N1CCC(C)(O)C(NC(=O)CC(C)(C)C)C1c1cccs1. The Morgan fingerprint density at radius 2 is 2.07 bits per heavy atom. The normalized spacial score (nSPS) is 25.6. The van der Waals surface area contributed by atoms with E-state index in [1.54, 1.807) is 18.3 Å². The predicted molar refractivity (Wildman–Crippen MR) is 114 cm³/mol. The summed E-state index contributed by atoms with van der Waals surface area (Å²) in [4.78, 5) is 28.6. The van der Waals surface area contributed by atoms with Crippen molar-refractivity contribution in [1.82, 2.24) is 10.2 Å². The lowest BCUT2D eigenvalue weighted by atomic mass is 9.81. The molecule has 0 aliphatic carbocycles. The highest BCUT2D eigenvalue weighted by Crippen LogP contribution is 2.39. The van der Waals surface area contributed by atoms with Gasteiger partial charge in [0.25, 0.3) is 0 Å². The zero-order valence-corrected chi connectivity index (χ0v) is 18.8. The number of aliphatic hydroxyl groups is 1. The predicted octanol–water partition coefficient (Wildman–Crippen LogP) is 4.27. The van der Waals surface area contributed by atoms with Crippen LogP contribution in [-0.4, -0.2) is 40.0 Å². The minimum atomic E-state index is -1.07. The van der Waals surface area contributed by atoms with Gasteiger partial charge in [-0.3, -0.25) is 9.59 Å². The molecule has 1 aliphatic heterocycles. The van der Waals surface area contributed by atoms with E-state index in [1.807, 2.05) is 43.2 Å².